The molecule has 5 rings (SSSR count). The lowest BCUT2D eigenvalue weighted by Crippen LogP contribution is -2.23. The highest BCUT2D eigenvalue weighted by atomic mass is 35.5. The molecular weight excluding hydrogens is 447 g/mol. The molecule has 1 aromatic heterocycles. The van der Waals surface area contributed by atoms with E-state index in [-0.39, 0.29) is 10.4 Å². The third-order valence-corrected chi connectivity index (χ3v) is 6.61. The summed E-state index contributed by atoms with van der Waals surface area (Å²) in [7, 11) is 1.58. The number of anilines is 2. The number of ether oxygens (including phenoxy) is 2. The Labute approximate surface area is 195 Å². The van der Waals surface area contributed by atoms with Gasteiger partial charge in [-0.1, -0.05) is 11.6 Å². The van der Waals surface area contributed by atoms with Crippen molar-refractivity contribution in [2.24, 2.45) is 5.41 Å². The van der Waals surface area contributed by atoms with Crippen molar-refractivity contribution in [2.75, 3.05) is 38.7 Å². The fraction of sp³-hybridized carbons (Fsp3) is 0.375. The van der Waals surface area contributed by atoms with Gasteiger partial charge in [0.1, 0.15) is 18.0 Å². The average Bonchev–Trinajstić information content (AvgIpc) is 3.52. The monoisotopic (exact) mass is 470 g/mol. The Morgan fingerprint density at radius 2 is 2.06 bits per heavy atom. The van der Waals surface area contributed by atoms with Crippen LogP contribution in [0.2, 0.25) is 5.02 Å². The number of halogens is 2. The molecule has 1 saturated carbocycles. The predicted octanol–water partition coefficient (Wildman–Crippen LogP) is 4.61. The Hall–Kier alpha value is -2.97. The maximum Gasteiger partial charge on any atom is 0.162 e. The minimum atomic E-state index is -0.485. The second-order valence-electron chi connectivity index (χ2n) is 8.61. The first-order valence-electron chi connectivity index (χ1n) is 10.9. The lowest BCUT2D eigenvalue weighted by atomic mass is 10.1. The van der Waals surface area contributed by atoms with E-state index < -0.39 is 5.82 Å². The van der Waals surface area contributed by atoms with E-state index in [9.17, 15) is 9.18 Å². The standard InChI is InChI=1S/C24H24ClFN4O3/c1-32-20-11-19-16(23(28-14-27-19)29-15-3-4-18(26)17(25)9-15)10-21(20)33-8-2-7-30-12-22(31)24(13-30)5-6-24/h3-4,9-11,14H,2,5-8,12-13H2,1H3,(H,27,28,29). The van der Waals surface area contributed by atoms with Crippen LogP contribution in [-0.2, 0) is 4.79 Å². The summed E-state index contributed by atoms with van der Waals surface area (Å²) in [4.78, 5) is 23.0. The van der Waals surface area contributed by atoms with Crippen molar-refractivity contribution >= 4 is 39.8 Å². The molecule has 2 fully saturated rings. The summed E-state index contributed by atoms with van der Waals surface area (Å²) in [5.74, 6) is 1.60. The summed E-state index contributed by atoms with van der Waals surface area (Å²) < 4.78 is 25.0. The van der Waals surface area contributed by atoms with Gasteiger partial charge in [0.2, 0.25) is 0 Å². The number of Topliss-reactive ketones (excluding diaryl/α,β-unsaturated/α-hetero) is 1. The van der Waals surface area contributed by atoms with E-state index in [2.05, 4.69) is 20.2 Å². The van der Waals surface area contributed by atoms with Crippen LogP contribution in [0.1, 0.15) is 19.3 Å². The molecule has 0 radical (unpaired) electrons. The molecule has 1 aliphatic carbocycles. The Bertz CT molecular complexity index is 1220. The summed E-state index contributed by atoms with van der Waals surface area (Å²) >= 11 is 5.90. The number of carbonyl (C=O) groups is 1. The molecule has 1 aliphatic heterocycles. The molecule has 1 N–H and O–H groups in total. The number of hydrogen-bond acceptors (Lipinski definition) is 7. The fourth-order valence-corrected chi connectivity index (χ4v) is 4.49. The first-order chi connectivity index (χ1) is 16.0. The van der Waals surface area contributed by atoms with Crippen molar-refractivity contribution in [3.63, 3.8) is 0 Å². The fourth-order valence-electron chi connectivity index (χ4n) is 4.31. The van der Waals surface area contributed by atoms with Crippen LogP contribution in [0.25, 0.3) is 10.9 Å². The van der Waals surface area contributed by atoms with Crippen molar-refractivity contribution in [1.29, 1.82) is 0 Å². The molecule has 1 saturated heterocycles. The highest BCUT2D eigenvalue weighted by Crippen LogP contribution is 2.50. The summed E-state index contributed by atoms with van der Waals surface area (Å²) in [5.41, 5.74) is 1.25. The van der Waals surface area contributed by atoms with Crippen LogP contribution in [0.3, 0.4) is 0 Å². The number of nitrogens with zero attached hydrogens (tertiary/aromatic N) is 3. The van der Waals surface area contributed by atoms with Crippen LogP contribution in [0.15, 0.2) is 36.7 Å². The number of fused-ring (bicyclic) bond motifs is 1. The van der Waals surface area contributed by atoms with Crippen molar-refractivity contribution < 1.29 is 18.7 Å². The summed E-state index contributed by atoms with van der Waals surface area (Å²) in [6.45, 7) is 2.75. The van der Waals surface area contributed by atoms with Crippen LogP contribution in [-0.4, -0.2) is 54.0 Å². The normalized spacial score (nSPS) is 17.0. The minimum Gasteiger partial charge on any atom is -0.493 e. The number of ketones is 1. The summed E-state index contributed by atoms with van der Waals surface area (Å²) in [6.07, 6.45) is 4.32. The van der Waals surface area contributed by atoms with Gasteiger partial charge in [0.25, 0.3) is 0 Å². The Morgan fingerprint density at radius 3 is 2.79 bits per heavy atom. The first-order valence-corrected chi connectivity index (χ1v) is 11.3. The minimum absolute atomic E-state index is 0.0244. The lowest BCUT2D eigenvalue weighted by molar-refractivity contribution is -0.120. The molecule has 1 spiro atoms. The smallest absolute Gasteiger partial charge is 0.162 e. The largest absolute Gasteiger partial charge is 0.493 e. The highest BCUT2D eigenvalue weighted by Gasteiger charge is 2.54. The third-order valence-electron chi connectivity index (χ3n) is 6.32. The lowest BCUT2D eigenvalue weighted by Gasteiger charge is -2.16. The van der Waals surface area contributed by atoms with Gasteiger partial charge in [-0.3, -0.25) is 9.69 Å². The van der Waals surface area contributed by atoms with E-state index in [0.29, 0.717) is 47.5 Å². The van der Waals surface area contributed by atoms with E-state index in [1.165, 1.54) is 18.5 Å². The molecule has 0 atom stereocenters. The summed E-state index contributed by atoms with van der Waals surface area (Å²) in [6, 6.07) is 8.02. The summed E-state index contributed by atoms with van der Waals surface area (Å²) in [5, 5.41) is 3.92. The quantitative estimate of drug-likeness (QED) is 0.482. The predicted molar refractivity (Wildman–Crippen MR) is 124 cm³/mol. The van der Waals surface area contributed by atoms with Crippen LogP contribution < -0.4 is 14.8 Å². The molecule has 9 heteroatoms. The topological polar surface area (TPSA) is 76.6 Å². The van der Waals surface area contributed by atoms with Gasteiger partial charge in [-0.2, -0.15) is 0 Å². The van der Waals surface area contributed by atoms with Gasteiger partial charge in [0, 0.05) is 35.6 Å². The number of carbonyl (C=O) groups excluding carboxylic acids is 1. The van der Waals surface area contributed by atoms with Gasteiger partial charge in [-0.05, 0) is 43.5 Å². The molecule has 3 aromatic rings. The molecule has 33 heavy (non-hydrogen) atoms. The van der Waals surface area contributed by atoms with E-state index in [1.807, 2.05) is 6.07 Å². The number of benzene rings is 2. The van der Waals surface area contributed by atoms with Crippen LogP contribution >= 0.6 is 11.6 Å². The van der Waals surface area contributed by atoms with Crippen LogP contribution in [0.4, 0.5) is 15.9 Å². The van der Waals surface area contributed by atoms with Crippen molar-refractivity contribution in [2.45, 2.75) is 19.3 Å². The Morgan fingerprint density at radius 1 is 1.21 bits per heavy atom. The van der Waals surface area contributed by atoms with Gasteiger partial charge in [-0.15, -0.1) is 0 Å². The van der Waals surface area contributed by atoms with Crippen molar-refractivity contribution in [3.8, 4) is 11.5 Å². The number of rotatable bonds is 8. The van der Waals surface area contributed by atoms with E-state index >= 15 is 0 Å². The Balaban J connectivity index is 1.29. The highest BCUT2D eigenvalue weighted by molar-refractivity contribution is 6.31. The zero-order chi connectivity index (χ0) is 23.0. The SMILES string of the molecule is COc1cc2ncnc(Nc3ccc(F)c(Cl)c3)c2cc1OCCCN1CC(=O)C2(CC2)C1. The van der Waals surface area contributed by atoms with Gasteiger partial charge in [-0.25, -0.2) is 14.4 Å². The molecule has 2 heterocycles. The van der Waals surface area contributed by atoms with Crippen molar-refractivity contribution in [1.82, 2.24) is 14.9 Å². The second-order valence-corrected chi connectivity index (χ2v) is 9.02. The van der Waals surface area contributed by atoms with Crippen LogP contribution in [0.5, 0.6) is 11.5 Å². The third kappa shape index (κ3) is 4.45. The van der Waals surface area contributed by atoms with Gasteiger partial charge < -0.3 is 14.8 Å². The Kier molecular flexibility index (Phi) is 5.80. The molecule has 0 unspecified atom stereocenters. The number of aromatic nitrogens is 2. The molecular formula is C24H24ClFN4O3. The molecule has 7 nitrogen and oxygen atoms in total. The number of nitrogens with one attached hydrogen (secondary N) is 1. The van der Waals surface area contributed by atoms with E-state index in [0.717, 1.165) is 37.7 Å². The molecule has 2 aromatic carbocycles. The zero-order valence-electron chi connectivity index (χ0n) is 18.2. The molecule has 172 valence electrons. The average molecular weight is 471 g/mol. The molecule has 0 amide bonds. The van der Waals surface area contributed by atoms with Gasteiger partial charge in [0.05, 0.1) is 30.8 Å². The zero-order valence-corrected chi connectivity index (χ0v) is 19.0. The maximum absolute atomic E-state index is 13.5. The van der Waals surface area contributed by atoms with E-state index in [4.69, 9.17) is 21.1 Å². The van der Waals surface area contributed by atoms with Gasteiger partial charge in [0.15, 0.2) is 17.3 Å². The number of likely N-dealkylation sites (tertiary alicyclic amines) is 1. The number of hydrogen-bond donors (Lipinski definition) is 1. The maximum atomic E-state index is 13.5. The van der Waals surface area contributed by atoms with Gasteiger partial charge >= 0.3 is 0 Å². The van der Waals surface area contributed by atoms with Crippen molar-refractivity contribution in [3.05, 3.63) is 47.5 Å². The second kappa shape index (κ2) is 8.76. The molecule has 2 aliphatic rings. The number of methoxy groups -OCH3 is 1. The van der Waals surface area contributed by atoms with Crippen LogP contribution in [0, 0.1) is 11.2 Å². The first kappa shape index (κ1) is 21.9. The molecule has 0 bridgehead atoms. The van der Waals surface area contributed by atoms with E-state index in [1.54, 1.807) is 19.2 Å².